The molecule has 3 aromatic carbocycles. The van der Waals surface area contributed by atoms with Crippen molar-refractivity contribution >= 4 is 16.7 Å². The Morgan fingerprint density at radius 1 is 0.346 bits per heavy atom. The molecule has 0 aromatic heterocycles. The molecule has 4 rings (SSSR count). The van der Waals surface area contributed by atoms with Crippen LogP contribution in [0.25, 0.3) is 16.7 Å². The third-order valence-electron chi connectivity index (χ3n) is 6.99. The largest absolute Gasteiger partial charge is 0.422 e. The molecule has 0 aliphatic heterocycles. The fraction of sp³-hybridized carbons (Fsp3) is 0.0667. The summed E-state index contributed by atoms with van der Waals surface area (Å²) < 4.78 is 256. The lowest BCUT2D eigenvalue weighted by Gasteiger charge is -2.14. The van der Waals surface area contributed by atoms with Gasteiger partial charge in [0.15, 0.2) is 69.8 Å². The van der Waals surface area contributed by atoms with Gasteiger partial charge < -0.3 is 0 Å². The zero-order valence-corrected chi connectivity index (χ0v) is 23.6. The van der Waals surface area contributed by atoms with Gasteiger partial charge in [-0.3, -0.25) is 0 Å². The molecule has 3 aromatic rings. The second kappa shape index (κ2) is 12.7. The van der Waals surface area contributed by atoms with Crippen molar-refractivity contribution in [2.45, 2.75) is 12.4 Å². The smallest absolute Gasteiger partial charge is 0.203 e. The minimum atomic E-state index is -6.21. The van der Waals surface area contributed by atoms with Crippen molar-refractivity contribution in [2.75, 3.05) is 0 Å². The topological polar surface area (TPSA) is 95.2 Å². The number of benzene rings is 3. The Bertz CT molecular complexity index is 2230. The molecule has 1 saturated carbocycles. The van der Waals surface area contributed by atoms with Gasteiger partial charge in [-0.2, -0.15) is 47.4 Å². The molecule has 0 heterocycles. The third kappa shape index (κ3) is 5.53. The number of nitrogens with zero attached hydrogens (tertiary/aromatic N) is 4. The fourth-order valence-electron chi connectivity index (χ4n) is 4.80. The van der Waals surface area contributed by atoms with Crippen LogP contribution >= 0.6 is 0 Å². The normalized spacial score (nSPS) is 15.7. The van der Waals surface area contributed by atoms with Gasteiger partial charge in [-0.05, 0) is 0 Å². The van der Waals surface area contributed by atoms with E-state index < -0.39 is 149 Å². The van der Waals surface area contributed by atoms with Crippen molar-refractivity contribution in [1.29, 1.82) is 21.0 Å². The van der Waals surface area contributed by atoms with E-state index in [1.54, 1.807) is 0 Å². The van der Waals surface area contributed by atoms with Crippen molar-refractivity contribution in [1.82, 2.24) is 0 Å². The van der Waals surface area contributed by atoms with Crippen LogP contribution in [0.1, 0.15) is 33.4 Å². The molecule has 0 unspecified atom stereocenters. The summed E-state index contributed by atoms with van der Waals surface area (Å²) in [6.07, 6.45) is -12.4. The number of nitriles is 4. The Labute approximate surface area is 273 Å². The SMILES string of the molecule is N#CC(=C1C(=C(/C#N)c2c(F)c(F)c(C(F)(F)F)c(F)c2F)/C1=C(/C#N)c1c(F)c(F)c(C(F)(F)F)c(F)c1F)c1c(F)c(F)c(C#N)c(F)c1F. The lowest BCUT2D eigenvalue weighted by Crippen LogP contribution is -2.17. The van der Waals surface area contributed by atoms with E-state index in [9.17, 15) is 68.5 Å². The van der Waals surface area contributed by atoms with Crippen LogP contribution in [0.3, 0.4) is 0 Å². The molecular weight excluding hydrogens is 758 g/mol. The number of hydrogen-bond donors (Lipinski definition) is 0. The van der Waals surface area contributed by atoms with E-state index in [1.807, 2.05) is 0 Å². The Hall–Kier alpha value is -6.42. The van der Waals surface area contributed by atoms with Crippen molar-refractivity contribution in [3.63, 3.8) is 0 Å². The third-order valence-corrected chi connectivity index (χ3v) is 6.99. The molecular formula is C30F18N4. The van der Waals surface area contributed by atoms with E-state index in [4.69, 9.17) is 5.26 Å². The number of hydrogen-bond acceptors (Lipinski definition) is 4. The van der Waals surface area contributed by atoms with Crippen LogP contribution < -0.4 is 0 Å². The monoisotopic (exact) mass is 758 g/mol. The van der Waals surface area contributed by atoms with Crippen LogP contribution in [0.2, 0.25) is 0 Å². The number of rotatable bonds is 3. The Kier molecular flexibility index (Phi) is 9.39. The van der Waals surface area contributed by atoms with Crippen LogP contribution in [0.5, 0.6) is 0 Å². The van der Waals surface area contributed by atoms with Gasteiger partial charge >= 0.3 is 12.4 Å². The molecule has 0 spiro atoms. The average Bonchev–Trinajstić information content (AvgIpc) is 3.77. The predicted octanol–water partition coefficient (Wildman–Crippen LogP) is 9.51. The quantitative estimate of drug-likeness (QED) is 0.151. The second-order valence-corrected chi connectivity index (χ2v) is 9.71. The molecule has 0 bridgehead atoms. The van der Waals surface area contributed by atoms with Crippen LogP contribution in [0.15, 0.2) is 16.7 Å². The van der Waals surface area contributed by atoms with E-state index in [2.05, 4.69) is 0 Å². The molecule has 52 heavy (non-hydrogen) atoms. The fourth-order valence-corrected chi connectivity index (χ4v) is 4.80. The second-order valence-electron chi connectivity index (χ2n) is 9.71. The molecule has 0 atom stereocenters. The Morgan fingerprint density at radius 2 is 0.558 bits per heavy atom. The highest BCUT2D eigenvalue weighted by Crippen LogP contribution is 2.58. The van der Waals surface area contributed by atoms with E-state index in [-0.39, 0.29) is 0 Å². The minimum absolute atomic E-state index is 0.663. The highest BCUT2D eigenvalue weighted by molar-refractivity contribution is 6.12. The van der Waals surface area contributed by atoms with E-state index >= 15 is 26.3 Å². The van der Waals surface area contributed by atoms with Crippen LogP contribution in [0, 0.1) is 115 Å². The van der Waals surface area contributed by atoms with E-state index in [1.165, 1.54) is 0 Å². The summed E-state index contributed by atoms with van der Waals surface area (Å²) in [6, 6.07) is 2.79. The summed E-state index contributed by atoms with van der Waals surface area (Å²) in [5.41, 5.74) is -27.6. The first-order valence-corrected chi connectivity index (χ1v) is 12.5. The summed E-state index contributed by atoms with van der Waals surface area (Å²) in [5.74, 6) is -36.4. The first-order valence-electron chi connectivity index (χ1n) is 12.5. The summed E-state index contributed by atoms with van der Waals surface area (Å²) >= 11 is 0. The van der Waals surface area contributed by atoms with Gasteiger partial charge in [-0.15, -0.1) is 0 Å². The maximum absolute atomic E-state index is 15.0. The Morgan fingerprint density at radius 3 is 0.731 bits per heavy atom. The number of alkyl halides is 6. The van der Waals surface area contributed by atoms with E-state index in [0.29, 0.717) is 18.2 Å². The lowest BCUT2D eigenvalue weighted by molar-refractivity contribution is -0.144. The predicted molar refractivity (Wildman–Crippen MR) is 131 cm³/mol. The van der Waals surface area contributed by atoms with Gasteiger partial charge in [-0.25, -0.2) is 52.7 Å². The first kappa shape index (κ1) is 38.4. The van der Waals surface area contributed by atoms with Crippen LogP contribution in [-0.4, -0.2) is 0 Å². The van der Waals surface area contributed by atoms with Crippen molar-refractivity contribution < 1.29 is 79.0 Å². The van der Waals surface area contributed by atoms with Crippen LogP contribution in [0.4, 0.5) is 79.0 Å². The van der Waals surface area contributed by atoms with Gasteiger partial charge in [0.2, 0.25) is 0 Å². The van der Waals surface area contributed by atoms with Gasteiger partial charge in [-0.1, -0.05) is 0 Å². The highest BCUT2D eigenvalue weighted by Gasteiger charge is 2.49. The molecule has 1 fully saturated rings. The molecule has 22 heteroatoms. The van der Waals surface area contributed by atoms with Crippen LogP contribution in [-0.2, 0) is 12.4 Å². The zero-order valence-electron chi connectivity index (χ0n) is 23.6. The summed E-state index contributed by atoms with van der Waals surface area (Å²) in [4.78, 5) is 0. The molecule has 1 aliphatic carbocycles. The molecule has 0 N–H and O–H groups in total. The van der Waals surface area contributed by atoms with Crippen molar-refractivity contribution in [3.05, 3.63) is 120 Å². The van der Waals surface area contributed by atoms with Crippen molar-refractivity contribution in [2.24, 2.45) is 0 Å². The van der Waals surface area contributed by atoms with E-state index in [0.717, 1.165) is 6.07 Å². The summed E-state index contributed by atoms with van der Waals surface area (Å²) in [7, 11) is 0. The van der Waals surface area contributed by atoms with Crippen molar-refractivity contribution in [3.8, 4) is 24.3 Å². The maximum atomic E-state index is 15.0. The van der Waals surface area contributed by atoms with Gasteiger partial charge in [0.25, 0.3) is 0 Å². The standard InChI is InChI=1S/C30F18N4/c31-17-8(4-52)18(32)20(34)12(19(17)33)5(1-49)9-10(6(2-50)13-21(35)25(39)15(29(43,44)45)26(40)22(13)36)11(9)7(3-51)14-23(37)27(41)16(30(46,47)48)28(42)24(14)38/b9-5?,10-6-,11-7+. The maximum Gasteiger partial charge on any atom is 0.422 e. The molecule has 266 valence electrons. The molecule has 0 saturated heterocycles. The average molecular weight is 758 g/mol. The van der Waals surface area contributed by atoms with Gasteiger partial charge in [0.1, 0.15) is 41.0 Å². The molecule has 1 aliphatic rings. The molecule has 4 nitrogen and oxygen atoms in total. The van der Waals surface area contributed by atoms with Gasteiger partial charge in [0, 0.05) is 16.7 Å². The zero-order chi connectivity index (χ0) is 39.7. The Balaban J connectivity index is 2.38. The first-order chi connectivity index (χ1) is 24.0. The highest BCUT2D eigenvalue weighted by atomic mass is 19.4. The molecule has 0 amide bonds. The lowest BCUT2D eigenvalue weighted by atomic mass is 9.98. The summed E-state index contributed by atoms with van der Waals surface area (Å²) in [6.45, 7) is 0. The minimum Gasteiger partial charge on any atom is -0.203 e. The summed E-state index contributed by atoms with van der Waals surface area (Å²) in [5, 5.41) is 37.9. The van der Waals surface area contributed by atoms with Gasteiger partial charge in [0.05, 0.1) is 33.4 Å². The molecule has 0 radical (unpaired) electrons. The number of halogens is 18. The number of allylic oxidation sites excluding steroid dienone is 6.